The maximum atomic E-state index is 13.9. The van der Waals surface area contributed by atoms with Crippen molar-refractivity contribution in [3.05, 3.63) is 84.0 Å². The second-order valence-electron chi connectivity index (χ2n) is 14.4. The van der Waals surface area contributed by atoms with Gasteiger partial charge in [-0.1, -0.05) is 48.6 Å². The molecule has 2 fully saturated rings. The Kier molecular flexibility index (Phi) is 13.5. The third-order valence-electron chi connectivity index (χ3n) is 10.9. The van der Waals surface area contributed by atoms with Gasteiger partial charge in [0, 0.05) is 25.2 Å². The van der Waals surface area contributed by atoms with Gasteiger partial charge in [0.15, 0.2) is 35.5 Å². The summed E-state index contributed by atoms with van der Waals surface area (Å²) in [5.41, 5.74) is 2.52. The van der Waals surface area contributed by atoms with E-state index < -0.39 is 36.7 Å². The molecule has 0 saturated carbocycles. The molecule has 4 heterocycles. The van der Waals surface area contributed by atoms with Crippen molar-refractivity contribution in [3.63, 3.8) is 0 Å². The summed E-state index contributed by atoms with van der Waals surface area (Å²) in [5.74, 6) is 0.379. The normalized spacial score (nSPS) is 22.2. The minimum absolute atomic E-state index is 0.0920. The van der Waals surface area contributed by atoms with Gasteiger partial charge >= 0.3 is 12.2 Å². The Hall–Kier alpha value is -6.00. The highest BCUT2D eigenvalue weighted by atomic mass is 16.6. The lowest BCUT2D eigenvalue weighted by molar-refractivity contribution is 0.0495. The molecular weight excluding hydrogens is 764 g/mol. The number of aliphatic hydroxyl groups is 2. The summed E-state index contributed by atoms with van der Waals surface area (Å²) in [4.78, 5) is 59.8. The lowest BCUT2D eigenvalue weighted by Gasteiger charge is -2.31. The summed E-state index contributed by atoms with van der Waals surface area (Å²) in [6.45, 7) is 11.9. The Morgan fingerprint density at radius 1 is 0.678 bits per heavy atom. The maximum absolute atomic E-state index is 13.9. The molecule has 0 aromatic heterocycles. The lowest BCUT2D eigenvalue weighted by Crippen LogP contribution is -2.50. The van der Waals surface area contributed by atoms with Crippen molar-refractivity contribution >= 4 is 35.4 Å². The highest BCUT2D eigenvalue weighted by Gasteiger charge is 2.48. The van der Waals surface area contributed by atoms with E-state index in [9.17, 15) is 29.4 Å². The first-order valence-corrected chi connectivity index (χ1v) is 19.6. The van der Waals surface area contributed by atoms with E-state index in [1.807, 2.05) is 26.0 Å². The van der Waals surface area contributed by atoms with Crippen molar-refractivity contribution in [3.8, 4) is 23.0 Å². The SMILES string of the molecule is C=CCOC(=O)N1c2cc(OCCCCCOc3cc4c(cc3OC)C(=O)N3CC(=CC)C[C@H]3[C@H](O)N4C(=O)OCC=C)c(OC)cc2C(=O)N2CC(=CC)C[C@H]2[C@@H]1O. The molecule has 2 N–H and O–H groups in total. The number of fused-ring (bicyclic) bond motifs is 4. The average molecular weight is 817 g/mol. The fourth-order valence-electron chi connectivity index (χ4n) is 7.83. The van der Waals surface area contributed by atoms with E-state index in [0.717, 1.165) is 20.9 Å². The van der Waals surface area contributed by atoms with Crippen LogP contribution in [0.3, 0.4) is 0 Å². The third kappa shape index (κ3) is 8.45. The van der Waals surface area contributed by atoms with Crippen LogP contribution < -0.4 is 28.7 Å². The highest BCUT2D eigenvalue weighted by molar-refractivity contribution is 6.07. The predicted octanol–water partition coefficient (Wildman–Crippen LogP) is 5.58. The number of nitrogens with zero attached hydrogens (tertiary/aromatic N) is 4. The Labute approximate surface area is 343 Å². The number of hydrogen-bond acceptors (Lipinski definition) is 12. The van der Waals surface area contributed by atoms with Gasteiger partial charge in [-0.25, -0.2) is 19.4 Å². The molecular formula is C43H52N4O12. The Morgan fingerprint density at radius 2 is 1.08 bits per heavy atom. The van der Waals surface area contributed by atoms with Crippen molar-refractivity contribution in [2.45, 2.75) is 70.5 Å². The number of rotatable bonds is 14. The number of anilines is 2. The Balaban J connectivity index is 1.14. The quantitative estimate of drug-likeness (QED) is 0.179. The van der Waals surface area contributed by atoms with Gasteiger partial charge in [0.2, 0.25) is 0 Å². The molecule has 4 atom stereocenters. The number of unbranched alkanes of at least 4 members (excludes halogenated alkanes) is 2. The summed E-state index contributed by atoms with van der Waals surface area (Å²) in [6, 6.07) is 4.69. The van der Waals surface area contributed by atoms with Crippen molar-refractivity contribution in [2.75, 3.05) is 63.5 Å². The summed E-state index contributed by atoms with van der Waals surface area (Å²) in [6.07, 6.45) is 4.79. The maximum Gasteiger partial charge on any atom is 0.416 e. The Morgan fingerprint density at radius 3 is 1.44 bits per heavy atom. The largest absolute Gasteiger partial charge is 0.493 e. The van der Waals surface area contributed by atoms with E-state index in [2.05, 4.69) is 13.2 Å². The minimum atomic E-state index is -1.39. The van der Waals surface area contributed by atoms with Crippen molar-refractivity contribution in [1.29, 1.82) is 0 Å². The van der Waals surface area contributed by atoms with E-state index in [1.54, 1.807) is 9.80 Å². The summed E-state index contributed by atoms with van der Waals surface area (Å²) in [5, 5.41) is 23.1. The molecule has 0 spiro atoms. The standard InChI is InChI=1S/C43H52N4O12/c1-7-14-58-42(52)46-30-22-36(34(54-5)20-28(30)38(48)44-24-26(9-3)18-32(44)40(46)50)56-16-12-11-13-17-57-37-23-31-29(21-35(37)55-6)39(49)45-25-27(10-4)19-33(45)41(51)47(31)43(53)59-15-8-2/h7-10,20-23,32-33,40-41,50-51H,1-2,11-19,24-25H2,3-6H3/t32-,33-,40-,41-/m0/s1. The lowest BCUT2D eigenvalue weighted by atomic mass is 10.1. The first-order chi connectivity index (χ1) is 28.5. The van der Waals surface area contributed by atoms with Crippen molar-refractivity contribution in [2.24, 2.45) is 0 Å². The molecule has 2 aromatic carbocycles. The van der Waals surface area contributed by atoms with Gasteiger partial charge in [-0.2, -0.15) is 0 Å². The first kappa shape index (κ1) is 42.6. The second kappa shape index (κ2) is 18.7. The van der Waals surface area contributed by atoms with Crippen LogP contribution in [0.5, 0.6) is 23.0 Å². The van der Waals surface area contributed by atoms with Crippen LogP contribution in [0.2, 0.25) is 0 Å². The number of amides is 4. The molecule has 59 heavy (non-hydrogen) atoms. The molecule has 4 aliphatic rings. The zero-order chi connectivity index (χ0) is 42.4. The molecule has 0 bridgehead atoms. The van der Waals surface area contributed by atoms with Crippen molar-refractivity contribution < 1.29 is 57.8 Å². The van der Waals surface area contributed by atoms with Crippen LogP contribution in [0.15, 0.2) is 72.9 Å². The average Bonchev–Trinajstić information content (AvgIpc) is 3.86. The number of hydrogen-bond donors (Lipinski definition) is 2. The molecule has 16 heteroatoms. The molecule has 0 aliphatic carbocycles. The first-order valence-electron chi connectivity index (χ1n) is 19.6. The van der Waals surface area contributed by atoms with E-state index in [1.165, 1.54) is 50.6 Å². The number of allylic oxidation sites excluding steroid dienone is 2. The van der Waals surface area contributed by atoms with Crippen LogP contribution in [0, 0.1) is 0 Å². The van der Waals surface area contributed by atoms with Gasteiger partial charge in [0.25, 0.3) is 11.8 Å². The molecule has 2 aromatic rings. The summed E-state index contributed by atoms with van der Waals surface area (Å²) < 4.78 is 34.2. The topological polar surface area (TPSA) is 177 Å². The van der Waals surface area contributed by atoms with E-state index in [0.29, 0.717) is 45.2 Å². The van der Waals surface area contributed by atoms with Gasteiger partial charge in [-0.15, -0.1) is 0 Å². The molecule has 4 aliphatic heterocycles. The Bertz CT molecular complexity index is 1890. The monoisotopic (exact) mass is 816 g/mol. The summed E-state index contributed by atoms with van der Waals surface area (Å²) >= 11 is 0. The van der Waals surface area contributed by atoms with Crippen LogP contribution in [0.25, 0.3) is 0 Å². The molecule has 0 unspecified atom stereocenters. The number of ether oxygens (including phenoxy) is 6. The zero-order valence-electron chi connectivity index (χ0n) is 33.9. The number of carbonyl (C=O) groups is 4. The van der Waals surface area contributed by atoms with Gasteiger partial charge in [-0.3, -0.25) is 9.59 Å². The number of methoxy groups -OCH3 is 2. The van der Waals surface area contributed by atoms with Gasteiger partial charge in [-0.05, 0) is 58.1 Å². The number of benzene rings is 2. The van der Waals surface area contributed by atoms with Crippen LogP contribution in [0.4, 0.5) is 21.0 Å². The molecule has 0 radical (unpaired) electrons. The van der Waals surface area contributed by atoms with Crippen LogP contribution in [-0.2, 0) is 9.47 Å². The molecule has 316 valence electrons. The second-order valence-corrected chi connectivity index (χ2v) is 14.4. The van der Waals surface area contributed by atoms with Gasteiger partial charge in [0.05, 0.1) is 62.0 Å². The molecule has 2 saturated heterocycles. The van der Waals surface area contributed by atoms with E-state index in [4.69, 9.17) is 28.4 Å². The summed E-state index contributed by atoms with van der Waals surface area (Å²) in [7, 11) is 2.91. The van der Waals surface area contributed by atoms with Gasteiger partial charge in [0.1, 0.15) is 13.2 Å². The molecule has 16 nitrogen and oxygen atoms in total. The van der Waals surface area contributed by atoms with Crippen LogP contribution >= 0.6 is 0 Å². The fourth-order valence-corrected chi connectivity index (χ4v) is 7.83. The smallest absolute Gasteiger partial charge is 0.416 e. The third-order valence-corrected chi connectivity index (χ3v) is 10.9. The minimum Gasteiger partial charge on any atom is -0.493 e. The number of carbonyl (C=O) groups excluding carboxylic acids is 4. The van der Waals surface area contributed by atoms with E-state index in [-0.39, 0.29) is 83.7 Å². The molecule has 4 amide bonds. The van der Waals surface area contributed by atoms with Crippen LogP contribution in [-0.4, -0.2) is 122 Å². The molecule has 6 rings (SSSR count). The van der Waals surface area contributed by atoms with Crippen LogP contribution in [0.1, 0.15) is 66.7 Å². The predicted molar refractivity (Wildman–Crippen MR) is 217 cm³/mol. The van der Waals surface area contributed by atoms with E-state index >= 15 is 0 Å². The van der Waals surface area contributed by atoms with Crippen molar-refractivity contribution in [1.82, 2.24) is 9.80 Å². The fraction of sp³-hybridized carbons (Fsp3) is 0.442. The zero-order valence-corrected chi connectivity index (χ0v) is 33.9. The highest BCUT2D eigenvalue weighted by Crippen LogP contribution is 2.44. The number of aliphatic hydroxyl groups excluding tert-OH is 2. The van der Waals surface area contributed by atoms with Gasteiger partial charge < -0.3 is 48.4 Å².